The summed E-state index contributed by atoms with van der Waals surface area (Å²) in [5, 5.41) is 28.8. The van der Waals surface area contributed by atoms with Crippen molar-refractivity contribution in [1.29, 1.82) is 16.2 Å². The maximum atomic E-state index is 6.99. The fourth-order valence-electron chi connectivity index (χ4n) is 3.76. The molecule has 228 valence electrons. The molecule has 0 aliphatic carbocycles. The van der Waals surface area contributed by atoms with E-state index in [4.69, 9.17) is 39.3 Å². The van der Waals surface area contributed by atoms with Crippen molar-refractivity contribution < 1.29 is 0 Å². The first-order valence-corrected chi connectivity index (χ1v) is 15.0. The number of aryl methyl sites for hydroxylation is 2. The second kappa shape index (κ2) is 15.5. The van der Waals surface area contributed by atoms with E-state index in [1.165, 1.54) is 0 Å². The average molecular weight is 659 g/mol. The van der Waals surface area contributed by atoms with Gasteiger partial charge in [0.1, 0.15) is 5.15 Å². The van der Waals surface area contributed by atoms with Crippen LogP contribution in [0.3, 0.4) is 0 Å². The zero-order valence-corrected chi connectivity index (χ0v) is 26.3. The summed E-state index contributed by atoms with van der Waals surface area (Å²) in [6, 6.07) is 11.1. The van der Waals surface area contributed by atoms with E-state index >= 15 is 0 Å². The second-order valence-electron chi connectivity index (χ2n) is 8.92. The fourth-order valence-corrected chi connectivity index (χ4v) is 4.31. The molecular weight excluding hydrogens is 632 g/mol. The van der Waals surface area contributed by atoms with Gasteiger partial charge in [0.15, 0.2) is 16.2 Å². The highest BCUT2D eigenvalue weighted by Gasteiger charge is 2.06. The van der Waals surface area contributed by atoms with Crippen LogP contribution in [0.4, 0.5) is 5.82 Å². The Hall–Kier alpha value is -5.19. The molecule has 0 aromatic carbocycles. The molecule has 7 N–H and O–H groups in total. The van der Waals surface area contributed by atoms with Crippen LogP contribution in [0, 0.1) is 16.2 Å². The lowest BCUT2D eigenvalue weighted by molar-refractivity contribution is 0.768. The molecule has 0 saturated carbocycles. The van der Waals surface area contributed by atoms with Gasteiger partial charge >= 0.3 is 0 Å². The number of halogens is 1. The van der Waals surface area contributed by atoms with Crippen molar-refractivity contribution in [2.75, 3.05) is 0 Å². The van der Waals surface area contributed by atoms with Gasteiger partial charge in [0, 0.05) is 61.1 Å². The lowest BCUT2D eigenvalue weighted by Crippen LogP contribution is -2.05. The fraction of sp³-hybridized carbons (Fsp3) is 0.0714. The zero-order chi connectivity index (χ0) is 32.3. The number of hydrogen-bond donors (Lipinski definition) is 5. The Morgan fingerprint density at radius 2 is 1.29 bits per heavy atom. The van der Waals surface area contributed by atoms with Gasteiger partial charge in [-0.3, -0.25) is 24.7 Å². The maximum Gasteiger partial charge on any atom is 0.166 e. The number of nitrogens with one attached hydrogen (secondary N) is 3. The summed E-state index contributed by atoms with van der Waals surface area (Å²) in [4.78, 5) is 21.6. The number of nitrogens with zero attached hydrogens (tertiary/aromatic N) is 9. The van der Waals surface area contributed by atoms with Crippen LogP contribution < -0.4 is 11.5 Å². The van der Waals surface area contributed by atoms with Gasteiger partial charge in [-0.1, -0.05) is 11.6 Å². The Labute approximate surface area is 270 Å². The molecule has 0 atom stereocenters. The van der Waals surface area contributed by atoms with Crippen LogP contribution in [0.5, 0.6) is 0 Å². The van der Waals surface area contributed by atoms with Gasteiger partial charge in [-0.25, -0.2) is 15.0 Å². The first kappa shape index (κ1) is 32.7. The normalized spacial score (nSPS) is 10.9. The molecule has 0 saturated heterocycles. The highest BCUT2D eigenvalue weighted by molar-refractivity contribution is 8.25. The summed E-state index contributed by atoms with van der Waals surface area (Å²) in [6.45, 7) is 0. The number of amidine groups is 2. The summed E-state index contributed by atoms with van der Waals surface area (Å²) < 4.78 is 3.49. The minimum atomic E-state index is -0.0370. The van der Waals surface area contributed by atoms with Gasteiger partial charge in [-0.05, 0) is 59.9 Å². The zero-order valence-electron chi connectivity index (χ0n) is 24.0. The molecule has 6 rings (SSSR count). The lowest BCUT2D eigenvalue weighted by atomic mass is 10.1. The van der Waals surface area contributed by atoms with Crippen molar-refractivity contribution in [2.45, 2.75) is 0 Å². The summed E-state index contributed by atoms with van der Waals surface area (Å²) in [6.07, 6.45) is 11.0. The van der Waals surface area contributed by atoms with E-state index in [2.05, 4.69) is 35.1 Å². The smallest absolute Gasteiger partial charge is 0.166 e. The van der Waals surface area contributed by atoms with Crippen molar-refractivity contribution in [2.24, 2.45) is 30.6 Å². The van der Waals surface area contributed by atoms with Gasteiger partial charge in [-0.15, -0.1) is 0 Å². The van der Waals surface area contributed by atoms with Crippen molar-refractivity contribution in [3.05, 3.63) is 78.7 Å². The third-order valence-electron chi connectivity index (χ3n) is 5.69. The molecule has 0 spiro atoms. The van der Waals surface area contributed by atoms with E-state index in [0.29, 0.717) is 11.0 Å². The largest absolute Gasteiger partial charge is 0.378 e. The van der Waals surface area contributed by atoms with Crippen LogP contribution in [0.15, 0.2) is 78.6 Å². The van der Waals surface area contributed by atoms with Crippen LogP contribution in [0.2, 0.25) is 5.15 Å². The van der Waals surface area contributed by atoms with E-state index in [9.17, 15) is 0 Å². The van der Waals surface area contributed by atoms with Crippen molar-refractivity contribution in [1.82, 2.24) is 39.5 Å². The molecule has 17 heteroatoms. The van der Waals surface area contributed by atoms with Gasteiger partial charge < -0.3 is 22.3 Å². The number of rotatable bonds is 5. The summed E-state index contributed by atoms with van der Waals surface area (Å²) in [5.74, 6) is 0.490. The first-order chi connectivity index (χ1) is 21.6. The highest BCUT2D eigenvalue weighted by Crippen LogP contribution is 2.24. The number of nitrogens with two attached hydrogens (primary N) is 2. The van der Waals surface area contributed by atoms with Crippen molar-refractivity contribution in [3.8, 4) is 22.3 Å². The van der Waals surface area contributed by atoms with E-state index in [0.717, 1.165) is 78.9 Å². The Kier molecular flexibility index (Phi) is 11.3. The molecule has 6 aromatic rings. The number of pyridine rings is 4. The molecule has 6 heterocycles. The van der Waals surface area contributed by atoms with Crippen LogP contribution in [-0.4, -0.2) is 60.9 Å². The Bertz CT molecular complexity index is 2000. The van der Waals surface area contributed by atoms with Crippen LogP contribution in [0.25, 0.3) is 44.3 Å². The second-order valence-corrected chi connectivity index (χ2v) is 11.1. The molecule has 14 nitrogen and oxygen atoms in total. The Balaban J connectivity index is 0.000000178. The van der Waals surface area contributed by atoms with Crippen LogP contribution in [0.1, 0.15) is 0 Å². The summed E-state index contributed by atoms with van der Waals surface area (Å²) in [5.41, 5.74) is 19.7. The predicted molar refractivity (Wildman–Crippen MR) is 184 cm³/mol. The van der Waals surface area contributed by atoms with Gasteiger partial charge in [0.05, 0.1) is 45.6 Å². The van der Waals surface area contributed by atoms with E-state index in [1.807, 2.05) is 57.0 Å². The van der Waals surface area contributed by atoms with Crippen LogP contribution in [-0.2, 0) is 14.1 Å². The average Bonchev–Trinajstić information content (AvgIpc) is 3.65. The SMILES string of the molecule is Cn1cc(-c2cnc3ccc(Cl)nc3c2)cn1.Cn1cc(-c2cnc3ccc(N=C(N)SC=N)nc3c2)cn1.N=CSC(=N)N. The van der Waals surface area contributed by atoms with E-state index in [-0.39, 0.29) is 10.3 Å². The lowest BCUT2D eigenvalue weighted by Gasteiger charge is -2.02. The molecule has 45 heavy (non-hydrogen) atoms. The molecule has 0 radical (unpaired) electrons. The van der Waals surface area contributed by atoms with Gasteiger partial charge in [0.25, 0.3) is 0 Å². The van der Waals surface area contributed by atoms with Crippen molar-refractivity contribution in [3.63, 3.8) is 0 Å². The van der Waals surface area contributed by atoms with Crippen LogP contribution >= 0.6 is 35.1 Å². The monoisotopic (exact) mass is 658 g/mol. The number of hydrogen-bond acceptors (Lipinski definition) is 12. The van der Waals surface area contributed by atoms with Gasteiger partial charge in [0.2, 0.25) is 0 Å². The van der Waals surface area contributed by atoms with E-state index < -0.39 is 0 Å². The number of fused-ring (bicyclic) bond motifs is 2. The van der Waals surface area contributed by atoms with E-state index in [1.54, 1.807) is 40.1 Å². The molecule has 0 bridgehead atoms. The molecule has 0 aliphatic heterocycles. The highest BCUT2D eigenvalue weighted by atomic mass is 35.5. The molecule has 0 aliphatic rings. The molecule has 0 fully saturated rings. The van der Waals surface area contributed by atoms with Crippen molar-refractivity contribution >= 4 is 84.4 Å². The van der Waals surface area contributed by atoms with Gasteiger partial charge in [-0.2, -0.15) is 10.2 Å². The predicted octanol–water partition coefficient (Wildman–Crippen LogP) is 5.22. The quantitative estimate of drug-likeness (QED) is 0.0922. The molecular formula is C28H27ClN14S2. The minimum Gasteiger partial charge on any atom is -0.378 e. The molecule has 6 aromatic heterocycles. The molecule has 0 amide bonds. The first-order valence-electron chi connectivity index (χ1n) is 12.8. The minimum absolute atomic E-state index is 0.0370. The number of aliphatic imine (C=N–C) groups is 1. The Morgan fingerprint density at radius 1 is 0.756 bits per heavy atom. The standard InChI is InChI=1S/C14H13N7S.C12H9ClN4.C2H5N3S/c1-21-7-10(6-18-21)9-4-12-11(17-5-9)2-3-13(19-12)20-14(16)22-8-15;1-17-7-9(6-15-17)8-4-11-10(14-5-8)2-3-12(13)16-11;3-1-6-2(4)5/h2-8,15H,1H3,(H2,16,19,20);2-7H,1H3;1,3H,(H3,4,5). The summed E-state index contributed by atoms with van der Waals surface area (Å²) in [7, 11) is 3.75. The molecule has 0 unspecified atom stereocenters. The number of thioether (sulfide) groups is 2. The number of aromatic nitrogens is 8. The third-order valence-corrected chi connectivity index (χ3v) is 6.73. The maximum absolute atomic E-state index is 6.99. The Morgan fingerprint density at radius 3 is 1.76 bits per heavy atom. The topological polar surface area (TPSA) is 223 Å². The summed E-state index contributed by atoms with van der Waals surface area (Å²) >= 11 is 7.79. The third kappa shape index (κ3) is 9.40.